The molecule has 0 bridgehead atoms. The molecule has 1 N–H and O–H groups in total. The van der Waals surface area contributed by atoms with Gasteiger partial charge in [-0.15, -0.1) is 0 Å². The highest BCUT2D eigenvalue weighted by Crippen LogP contribution is 2.40. The van der Waals surface area contributed by atoms with Crippen LogP contribution >= 0.6 is 0 Å². The number of amides is 2. The molecule has 9 heteroatoms. The summed E-state index contributed by atoms with van der Waals surface area (Å²) >= 11 is 0. The lowest BCUT2D eigenvalue weighted by molar-refractivity contribution is -0.136. The minimum Gasteiger partial charge on any atom is -0.379 e. The van der Waals surface area contributed by atoms with E-state index in [9.17, 15) is 9.59 Å². The monoisotopic (exact) mass is 438 g/mol. The third-order valence-electron chi connectivity index (χ3n) is 6.98. The Balaban J connectivity index is 1.15. The molecule has 0 saturated carbocycles. The van der Waals surface area contributed by atoms with Crippen LogP contribution in [0.15, 0.2) is 30.3 Å². The van der Waals surface area contributed by atoms with Gasteiger partial charge >= 0.3 is 0 Å². The molecular weight excluding hydrogens is 408 g/mol. The fraction of sp³-hybridized carbons (Fsp3) is 0.565. The van der Waals surface area contributed by atoms with Crippen LogP contribution in [0.2, 0.25) is 0 Å². The second-order valence-electron chi connectivity index (χ2n) is 8.99. The number of nitrogens with zero attached hydrogens (tertiary/aromatic N) is 5. The van der Waals surface area contributed by atoms with Crippen LogP contribution in [0.1, 0.15) is 18.7 Å². The van der Waals surface area contributed by atoms with Crippen LogP contribution < -0.4 is 0 Å². The number of aromatic amines is 1. The first-order valence-electron chi connectivity index (χ1n) is 11.5. The molecule has 0 radical (unpaired) electrons. The van der Waals surface area contributed by atoms with E-state index < -0.39 is 5.41 Å². The van der Waals surface area contributed by atoms with Crippen molar-refractivity contribution in [3.05, 3.63) is 36.2 Å². The Labute approximate surface area is 187 Å². The first kappa shape index (κ1) is 21.1. The van der Waals surface area contributed by atoms with Crippen molar-refractivity contribution in [3.8, 4) is 11.4 Å². The predicted octanol–water partition coefficient (Wildman–Crippen LogP) is 0.797. The van der Waals surface area contributed by atoms with E-state index in [1.807, 2.05) is 40.1 Å². The van der Waals surface area contributed by atoms with E-state index in [0.717, 1.165) is 64.3 Å². The lowest BCUT2D eigenvalue weighted by atomic mass is 9.85. The quantitative estimate of drug-likeness (QED) is 0.717. The highest BCUT2D eigenvalue weighted by atomic mass is 16.5. The van der Waals surface area contributed by atoms with Crippen LogP contribution in [0.25, 0.3) is 11.4 Å². The molecule has 9 nitrogen and oxygen atoms in total. The van der Waals surface area contributed by atoms with Gasteiger partial charge in [0, 0.05) is 51.4 Å². The molecule has 170 valence electrons. The maximum absolute atomic E-state index is 13.2. The zero-order chi connectivity index (χ0) is 22.0. The molecule has 3 aliphatic rings. The summed E-state index contributed by atoms with van der Waals surface area (Å²) in [4.78, 5) is 36.8. The number of nitrogens with one attached hydrogen (secondary N) is 1. The Morgan fingerprint density at radius 3 is 2.66 bits per heavy atom. The van der Waals surface area contributed by atoms with Crippen LogP contribution in [0.4, 0.5) is 0 Å². The molecule has 4 heterocycles. The first-order chi connectivity index (χ1) is 15.6. The van der Waals surface area contributed by atoms with Crippen molar-refractivity contribution in [1.29, 1.82) is 0 Å². The average Bonchev–Trinajstić information content (AvgIpc) is 3.55. The summed E-state index contributed by atoms with van der Waals surface area (Å²) in [6, 6.07) is 9.69. The van der Waals surface area contributed by atoms with E-state index >= 15 is 0 Å². The topological polar surface area (TPSA) is 94.7 Å². The predicted molar refractivity (Wildman–Crippen MR) is 118 cm³/mol. The van der Waals surface area contributed by atoms with E-state index in [4.69, 9.17) is 4.74 Å². The lowest BCUT2D eigenvalue weighted by Crippen LogP contribution is -2.44. The number of rotatable bonds is 6. The Morgan fingerprint density at radius 2 is 1.84 bits per heavy atom. The SMILES string of the molecule is O=C(Cc1nc(-c2ccccc2)n[nH]1)N1CCC2(CCN(CCN3CCOCC3)C2=O)C1. The molecule has 1 atom stereocenters. The van der Waals surface area contributed by atoms with E-state index in [1.165, 1.54) is 0 Å². The van der Waals surface area contributed by atoms with Crippen molar-refractivity contribution in [2.45, 2.75) is 19.3 Å². The molecule has 1 spiro atoms. The molecule has 3 fully saturated rings. The zero-order valence-corrected chi connectivity index (χ0v) is 18.3. The van der Waals surface area contributed by atoms with Crippen LogP contribution in [-0.2, 0) is 20.7 Å². The van der Waals surface area contributed by atoms with Crippen molar-refractivity contribution in [2.24, 2.45) is 5.41 Å². The third kappa shape index (κ3) is 4.27. The summed E-state index contributed by atoms with van der Waals surface area (Å²) in [7, 11) is 0. The van der Waals surface area contributed by atoms with Gasteiger partial charge in [-0.3, -0.25) is 19.6 Å². The van der Waals surface area contributed by atoms with Gasteiger partial charge in [-0.2, -0.15) is 5.10 Å². The van der Waals surface area contributed by atoms with Gasteiger partial charge in [0.25, 0.3) is 0 Å². The third-order valence-corrected chi connectivity index (χ3v) is 6.98. The van der Waals surface area contributed by atoms with Gasteiger partial charge < -0.3 is 14.5 Å². The summed E-state index contributed by atoms with van der Waals surface area (Å²) in [6.07, 6.45) is 1.75. The molecule has 1 aromatic heterocycles. The standard InChI is InChI=1S/C23H30N6O3/c30-20(16-19-24-21(26-25-19)18-4-2-1-3-5-18)29-9-7-23(17-29)6-8-28(22(23)31)11-10-27-12-14-32-15-13-27/h1-5H,6-17H2,(H,24,25,26). The molecule has 5 rings (SSSR count). The lowest BCUT2D eigenvalue weighted by Gasteiger charge is -2.29. The maximum Gasteiger partial charge on any atom is 0.230 e. The van der Waals surface area contributed by atoms with Crippen LogP contribution in [-0.4, -0.2) is 101 Å². The fourth-order valence-corrected chi connectivity index (χ4v) is 5.00. The van der Waals surface area contributed by atoms with Gasteiger partial charge in [0.1, 0.15) is 5.82 Å². The maximum atomic E-state index is 13.2. The van der Waals surface area contributed by atoms with Gasteiger partial charge in [0.15, 0.2) is 5.82 Å². The Morgan fingerprint density at radius 1 is 1.06 bits per heavy atom. The average molecular weight is 439 g/mol. The molecule has 3 aliphatic heterocycles. The van der Waals surface area contributed by atoms with Crippen molar-refractivity contribution < 1.29 is 14.3 Å². The Kier molecular flexibility index (Phi) is 5.93. The normalized spacial score (nSPS) is 24.1. The van der Waals surface area contributed by atoms with Crippen LogP contribution in [0.5, 0.6) is 0 Å². The number of benzene rings is 1. The molecule has 0 aliphatic carbocycles. The number of morpholine rings is 1. The molecule has 1 aromatic carbocycles. The van der Waals surface area contributed by atoms with Crippen molar-refractivity contribution in [3.63, 3.8) is 0 Å². The second kappa shape index (κ2) is 8.99. The van der Waals surface area contributed by atoms with Gasteiger partial charge in [-0.05, 0) is 12.8 Å². The number of H-pyrrole nitrogens is 1. The molecular formula is C23H30N6O3. The van der Waals surface area contributed by atoms with Crippen LogP contribution in [0, 0.1) is 5.41 Å². The number of carbonyl (C=O) groups excluding carboxylic acids is 2. The van der Waals surface area contributed by atoms with E-state index in [-0.39, 0.29) is 18.2 Å². The van der Waals surface area contributed by atoms with Crippen molar-refractivity contribution in [2.75, 3.05) is 59.0 Å². The summed E-state index contributed by atoms with van der Waals surface area (Å²) in [5.41, 5.74) is 0.508. The minimum absolute atomic E-state index is 0.00259. The summed E-state index contributed by atoms with van der Waals surface area (Å²) in [6.45, 7) is 6.98. The highest BCUT2D eigenvalue weighted by Gasteiger charge is 2.51. The summed E-state index contributed by atoms with van der Waals surface area (Å²) in [5, 5.41) is 7.12. The Bertz CT molecular complexity index is 958. The van der Waals surface area contributed by atoms with Gasteiger partial charge in [0.05, 0.1) is 25.0 Å². The van der Waals surface area contributed by atoms with Crippen molar-refractivity contribution in [1.82, 2.24) is 29.9 Å². The van der Waals surface area contributed by atoms with Crippen molar-refractivity contribution >= 4 is 11.8 Å². The summed E-state index contributed by atoms with van der Waals surface area (Å²) < 4.78 is 5.40. The Hall–Kier alpha value is -2.78. The van der Waals surface area contributed by atoms with E-state index in [2.05, 4.69) is 20.1 Å². The largest absolute Gasteiger partial charge is 0.379 e. The zero-order valence-electron chi connectivity index (χ0n) is 18.3. The highest BCUT2D eigenvalue weighted by molar-refractivity contribution is 5.87. The number of hydrogen-bond donors (Lipinski definition) is 1. The fourth-order valence-electron chi connectivity index (χ4n) is 5.00. The van der Waals surface area contributed by atoms with Gasteiger partial charge in [-0.1, -0.05) is 30.3 Å². The molecule has 2 aromatic rings. The number of carbonyl (C=O) groups is 2. The smallest absolute Gasteiger partial charge is 0.230 e. The molecule has 3 saturated heterocycles. The number of aromatic nitrogens is 3. The first-order valence-corrected chi connectivity index (χ1v) is 11.5. The van der Waals surface area contributed by atoms with Gasteiger partial charge in [-0.25, -0.2) is 4.98 Å². The minimum atomic E-state index is -0.405. The molecule has 2 amide bonds. The number of likely N-dealkylation sites (tertiary alicyclic amines) is 2. The number of ether oxygens (including phenoxy) is 1. The van der Waals surface area contributed by atoms with E-state index in [1.54, 1.807) is 0 Å². The molecule has 1 unspecified atom stereocenters. The van der Waals surface area contributed by atoms with Crippen LogP contribution in [0.3, 0.4) is 0 Å². The summed E-state index contributed by atoms with van der Waals surface area (Å²) in [5.74, 6) is 1.36. The van der Waals surface area contributed by atoms with E-state index in [0.29, 0.717) is 24.7 Å². The van der Waals surface area contributed by atoms with Gasteiger partial charge in [0.2, 0.25) is 11.8 Å². The molecule has 32 heavy (non-hydrogen) atoms. The number of hydrogen-bond acceptors (Lipinski definition) is 6. The second-order valence-corrected chi connectivity index (χ2v) is 8.99.